The van der Waals surface area contributed by atoms with Crippen LogP contribution in [0.15, 0.2) is 30.3 Å². The smallest absolute Gasteiger partial charge is 0.295 e. The number of nitrogens with one attached hydrogen (secondary N) is 2. The molecule has 3 rings (SSSR count). The van der Waals surface area contributed by atoms with Gasteiger partial charge in [-0.2, -0.15) is 0 Å². The van der Waals surface area contributed by atoms with Crippen molar-refractivity contribution in [2.45, 2.75) is 13.5 Å². The predicted molar refractivity (Wildman–Crippen MR) is 108 cm³/mol. The highest BCUT2D eigenvalue weighted by Crippen LogP contribution is 2.33. The number of benzene rings is 2. The van der Waals surface area contributed by atoms with Crippen LogP contribution in [-0.2, 0) is 11.3 Å². The average molecular weight is 393 g/mol. The van der Waals surface area contributed by atoms with Crippen molar-refractivity contribution in [3.63, 3.8) is 0 Å². The van der Waals surface area contributed by atoms with Crippen LogP contribution < -0.4 is 10.6 Å². The Kier molecular flexibility index (Phi) is 5.78. The summed E-state index contributed by atoms with van der Waals surface area (Å²) in [7, 11) is 0. The molecule has 28 heavy (non-hydrogen) atoms. The van der Waals surface area contributed by atoms with Crippen molar-refractivity contribution < 1.29 is 14.3 Å². The van der Waals surface area contributed by atoms with Gasteiger partial charge in [0.05, 0.1) is 21.8 Å². The molecule has 0 atom stereocenters. The number of nitrogens with zero attached hydrogens (tertiary/aromatic N) is 1. The molecular formula is C21H16FN3O2S. The van der Waals surface area contributed by atoms with Crippen molar-refractivity contribution in [3.05, 3.63) is 52.3 Å². The van der Waals surface area contributed by atoms with Crippen molar-refractivity contribution in [2.24, 2.45) is 0 Å². The van der Waals surface area contributed by atoms with E-state index in [9.17, 15) is 14.3 Å². The summed E-state index contributed by atoms with van der Waals surface area (Å²) in [4.78, 5) is 15.2. The third-order valence-electron chi connectivity index (χ3n) is 3.82. The van der Waals surface area contributed by atoms with E-state index in [2.05, 4.69) is 27.5 Å². The number of anilines is 1. The quantitative estimate of drug-likeness (QED) is 0.596. The van der Waals surface area contributed by atoms with E-state index in [1.54, 1.807) is 13.0 Å². The Bertz CT molecular complexity index is 1150. The van der Waals surface area contributed by atoms with Crippen LogP contribution in [0.3, 0.4) is 0 Å². The number of carbonyl (C=O) groups is 1. The number of phenolic OH excluding ortho intramolecular Hbond substituents is 1. The summed E-state index contributed by atoms with van der Waals surface area (Å²) < 4.78 is 15.0. The molecule has 0 saturated carbocycles. The molecule has 3 aromatic rings. The van der Waals surface area contributed by atoms with E-state index in [1.165, 1.54) is 11.3 Å². The number of hydrogen-bond acceptors (Lipinski definition) is 5. The summed E-state index contributed by atoms with van der Waals surface area (Å²) in [5.41, 5.74) is 2.07. The predicted octanol–water partition coefficient (Wildman–Crippen LogP) is 3.16. The van der Waals surface area contributed by atoms with Crippen LogP contribution in [0.1, 0.15) is 16.1 Å². The van der Waals surface area contributed by atoms with Gasteiger partial charge in [0, 0.05) is 12.2 Å². The van der Waals surface area contributed by atoms with Crippen LogP contribution in [0.2, 0.25) is 0 Å². The van der Waals surface area contributed by atoms with Gasteiger partial charge in [0.25, 0.3) is 5.91 Å². The van der Waals surface area contributed by atoms with Gasteiger partial charge in [-0.05, 0) is 36.6 Å². The lowest BCUT2D eigenvalue weighted by atomic mass is 10.2. The molecule has 1 aromatic heterocycles. The van der Waals surface area contributed by atoms with E-state index in [1.807, 2.05) is 30.2 Å². The van der Waals surface area contributed by atoms with Gasteiger partial charge in [0.1, 0.15) is 5.52 Å². The average Bonchev–Trinajstić information content (AvgIpc) is 3.07. The number of phenols is 1. The maximum absolute atomic E-state index is 14.3. The third kappa shape index (κ3) is 4.40. The van der Waals surface area contributed by atoms with Crippen molar-refractivity contribution >= 4 is 33.1 Å². The number of thiazole rings is 1. The Balaban J connectivity index is 1.67. The Morgan fingerprint density at radius 3 is 3.00 bits per heavy atom. The molecular weight excluding hydrogens is 377 g/mol. The first-order chi connectivity index (χ1) is 13.5. The van der Waals surface area contributed by atoms with E-state index in [-0.39, 0.29) is 17.6 Å². The largest absolute Gasteiger partial charge is 0.503 e. The van der Waals surface area contributed by atoms with Gasteiger partial charge in [0.15, 0.2) is 11.6 Å². The fraction of sp³-hybridized carbons (Fsp3) is 0.143. The molecule has 0 saturated heterocycles. The second kappa shape index (κ2) is 8.43. The zero-order valence-electron chi connectivity index (χ0n) is 15.0. The van der Waals surface area contributed by atoms with E-state index in [0.29, 0.717) is 11.2 Å². The fourth-order valence-electron chi connectivity index (χ4n) is 2.54. The van der Waals surface area contributed by atoms with Crippen molar-refractivity contribution in [1.82, 2.24) is 10.3 Å². The number of hydrogen-bond donors (Lipinski definition) is 3. The van der Waals surface area contributed by atoms with E-state index in [0.717, 1.165) is 16.3 Å². The van der Waals surface area contributed by atoms with E-state index < -0.39 is 17.5 Å². The molecule has 1 heterocycles. The standard InChI is InChI=1S/C21H16FN3O2S/c1-3-18(26)24-12-14-6-4-8-16(10-14)23-9-5-7-15-11-17-20(21(27)19(15)22)25-13(2)28-17/h1,4,6,8,10-11,23,27H,9,12H2,2H3,(H,24,26). The molecule has 1 amide bonds. The molecule has 0 bridgehead atoms. The van der Waals surface area contributed by atoms with Crippen LogP contribution in [0.4, 0.5) is 10.1 Å². The third-order valence-corrected chi connectivity index (χ3v) is 4.74. The zero-order chi connectivity index (χ0) is 20.1. The van der Waals surface area contributed by atoms with Gasteiger partial charge in [0.2, 0.25) is 0 Å². The summed E-state index contributed by atoms with van der Waals surface area (Å²) in [5.74, 6) is 5.87. The number of aromatic nitrogens is 1. The highest BCUT2D eigenvalue weighted by Gasteiger charge is 2.14. The number of terminal acetylenes is 1. The topological polar surface area (TPSA) is 74.2 Å². The highest BCUT2D eigenvalue weighted by atomic mass is 32.1. The first kappa shape index (κ1) is 19.2. The Morgan fingerprint density at radius 2 is 2.21 bits per heavy atom. The lowest BCUT2D eigenvalue weighted by Gasteiger charge is -2.06. The van der Waals surface area contributed by atoms with Gasteiger partial charge in [-0.25, -0.2) is 9.37 Å². The normalized spacial score (nSPS) is 10.0. The summed E-state index contributed by atoms with van der Waals surface area (Å²) in [6.07, 6.45) is 5.01. The zero-order valence-corrected chi connectivity index (χ0v) is 15.8. The van der Waals surface area contributed by atoms with Gasteiger partial charge >= 0.3 is 0 Å². The fourth-order valence-corrected chi connectivity index (χ4v) is 3.41. The molecule has 0 radical (unpaired) electrons. The first-order valence-corrected chi connectivity index (χ1v) is 9.14. The Labute approximate surface area is 165 Å². The molecule has 0 spiro atoms. The Morgan fingerprint density at radius 1 is 1.39 bits per heavy atom. The second-order valence-corrected chi connectivity index (χ2v) is 7.08. The van der Waals surface area contributed by atoms with Crippen LogP contribution >= 0.6 is 11.3 Å². The molecule has 0 unspecified atom stereocenters. The monoisotopic (exact) mass is 393 g/mol. The van der Waals surface area contributed by atoms with Crippen LogP contribution in [0.5, 0.6) is 5.75 Å². The maximum Gasteiger partial charge on any atom is 0.295 e. The Hall–Kier alpha value is -3.55. The number of aryl methyl sites for hydroxylation is 1. The molecule has 3 N–H and O–H groups in total. The SMILES string of the molecule is C#CC(=O)NCc1cccc(NCC#Cc2cc3sc(C)nc3c(O)c2F)c1. The summed E-state index contributed by atoms with van der Waals surface area (Å²) in [6, 6.07) is 9.00. The number of fused-ring (bicyclic) bond motifs is 1. The van der Waals surface area contributed by atoms with E-state index >= 15 is 0 Å². The van der Waals surface area contributed by atoms with Crippen LogP contribution in [-0.4, -0.2) is 22.5 Å². The molecule has 0 fully saturated rings. The molecule has 7 heteroatoms. The molecule has 0 aliphatic rings. The van der Waals surface area contributed by atoms with Gasteiger partial charge in [-0.15, -0.1) is 17.8 Å². The molecule has 5 nitrogen and oxygen atoms in total. The van der Waals surface area contributed by atoms with Crippen molar-refractivity contribution in [2.75, 3.05) is 11.9 Å². The number of rotatable bonds is 4. The van der Waals surface area contributed by atoms with E-state index in [4.69, 9.17) is 6.42 Å². The van der Waals surface area contributed by atoms with Gasteiger partial charge in [-0.1, -0.05) is 24.0 Å². The minimum absolute atomic E-state index is 0.126. The van der Waals surface area contributed by atoms with Gasteiger partial charge < -0.3 is 15.7 Å². The molecule has 0 aliphatic carbocycles. The number of amides is 1. The van der Waals surface area contributed by atoms with Crippen LogP contribution in [0, 0.1) is 36.9 Å². The number of halogens is 1. The van der Waals surface area contributed by atoms with Crippen LogP contribution in [0.25, 0.3) is 10.2 Å². The summed E-state index contributed by atoms with van der Waals surface area (Å²) >= 11 is 1.37. The summed E-state index contributed by atoms with van der Waals surface area (Å²) in [6.45, 7) is 2.40. The number of aromatic hydroxyl groups is 1. The molecule has 0 aliphatic heterocycles. The summed E-state index contributed by atoms with van der Waals surface area (Å²) in [5, 5.41) is 16.4. The first-order valence-electron chi connectivity index (χ1n) is 8.32. The minimum atomic E-state index is -0.767. The second-order valence-electron chi connectivity index (χ2n) is 5.85. The molecule has 2 aromatic carbocycles. The van der Waals surface area contributed by atoms with Gasteiger partial charge in [-0.3, -0.25) is 4.79 Å². The lowest BCUT2D eigenvalue weighted by Crippen LogP contribution is -2.20. The highest BCUT2D eigenvalue weighted by molar-refractivity contribution is 7.18. The maximum atomic E-state index is 14.3. The van der Waals surface area contributed by atoms with Crippen molar-refractivity contribution in [1.29, 1.82) is 0 Å². The lowest BCUT2D eigenvalue weighted by molar-refractivity contribution is -0.115. The number of carbonyl (C=O) groups excluding carboxylic acids is 1. The van der Waals surface area contributed by atoms with Crippen molar-refractivity contribution in [3.8, 4) is 29.9 Å². The molecule has 140 valence electrons. The minimum Gasteiger partial charge on any atom is -0.503 e.